The Labute approximate surface area is 434 Å². The van der Waals surface area contributed by atoms with Crippen LogP contribution in [0.3, 0.4) is 0 Å². The molecule has 0 saturated carbocycles. The number of hydrogen-bond donors (Lipinski definition) is 0. The summed E-state index contributed by atoms with van der Waals surface area (Å²) in [6, 6.07) is 74.6. The molecule has 10 heteroatoms. The van der Waals surface area contributed by atoms with E-state index in [2.05, 4.69) is 51.9 Å². The van der Waals surface area contributed by atoms with E-state index in [-0.39, 0.29) is 5.82 Å². The van der Waals surface area contributed by atoms with Crippen molar-refractivity contribution in [2.75, 3.05) is 0 Å². The van der Waals surface area contributed by atoms with E-state index in [1.165, 1.54) is 6.07 Å². The summed E-state index contributed by atoms with van der Waals surface area (Å²) < 4.78 is 50.4. The second-order valence-corrected chi connectivity index (χ2v) is 18.5. The van der Waals surface area contributed by atoms with Crippen LogP contribution in [0.15, 0.2) is 231 Å². The molecule has 0 bridgehead atoms. The van der Waals surface area contributed by atoms with E-state index in [9.17, 15) is 5.26 Å². The number of rotatable bonds is 8. The van der Waals surface area contributed by atoms with Gasteiger partial charge in [-0.2, -0.15) is 18.4 Å². The third-order valence-corrected chi connectivity index (χ3v) is 14.1. The molecule has 0 aliphatic rings. The summed E-state index contributed by atoms with van der Waals surface area (Å²) in [5, 5.41) is 13.3. The molecule has 0 radical (unpaired) electrons. The molecule has 0 atom stereocenters. The molecule has 0 N–H and O–H groups in total. The van der Waals surface area contributed by atoms with E-state index in [1.54, 1.807) is 18.2 Å². The molecule has 13 aromatic rings. The SMILES string of the molecule is [C-]#[N+]c1ccc(-c2ccc3c(c2)c2ccccc2n3-c2ccc(-c3nc(-c4ccccc4)nc(-c4ccccc4)n3)c(-c3cc(C(F)(F)F)ccc3-n3c4ccccc4c4cc(-c5ccc(C#N)cc5)ccc43)c2)cc1. The number of nitriles is 1. The van der Waals surface area contributed by atoms with Gasteiger partial charge in [0, 0.05) is 49.5 Å². The Kier molecular flexibility index (Phi) is 10.9. The van der Waals surface area contributed by atoms with Gasteiger partial charge in [0.2, 0.25) is 0 Å². The van der Waals surface area contributed by atoms with Gasteiger partial charge in [-0.3, -0.25) is 0 Å². The maximum Gasteiger partial charge on any atom is 0.416 e. The van der Waals surface area contributed by atoms with Crippen LogP contribution in [-0.4, -0.2) is 24.1 Å². The highest BCUT2D eigenvalue weighted by atomic mass is 19.4. The lowest BCUT2D eigenvalue weighted by Crippen LogP contribution is -2.08. The maximum absolute atomic E-state index is 15.4. The molecule has 0 unspecified atom stereocenters. The normalized spacial score (nSPS) is 11.6. The lowest BCUT2D eigenvalue weighted by Gasteiger charge is -2.20. The number of halogens is 3. The van der Waals surface area contributed by atoms with E-state index in [0.29, 0.717) is 51.0 Å². The highest BCUT2D eigenvalue weighted by Gasteiger charge is 2.33. The average Bonchev–Trinajstić information content (AvgIpc) is 4.05. The van der Waals surface area contributed by atoms with Crippen LogP contribution in [-0.2, 0) is 6.18 Å². The van der Waals surface area contributed by atoms with Crippen LogP contribution < -0.4 is 0 Å². The molecule has 10 aromatic carbocycles. The van der Waals surface area contributed by atoms with E-state index >= 15 is 13.2 Å². The number of aromatic nitrogens is 5. The van der Waals surface area contributed by atoms with E-state index in [4.69, 9.17) is 21.5 Å². The van der Waals surface area contributed by atoms with Crippen molar-refractivity contribution in [3.05, 3.63) is 253 Å². The Balaban J connectivity index is 1.10. The number of benzene rings is 10. The summed E-state index contributed by atoms with van der Waals surface area (Å²) in [5.74, 6) is 1.10. The standard InChI is InChI=1S/C66H38F3N7/c1-71-49-29-24-43(25-30-49)47-26-33-60-55(36-47)51-16-8-10-18-58(51)75(60)50-31-32-53(65-73-63(44-12-4-2-5-13-44)72-64(74-65)45-14-6-3-7-15-45)54(39-50)57-38-48(66(67,68)69)28-35-62(57)76-59-19-11-9-17-52(59)56-37-46(27-34-61(56)76)42-22-20-41(40-70)21-23-42/h2-39H. The smallest absolute Gasteiger partial charge is 0.309 e. The van der Waals surface area contributed by atoms with Gasteiger partial charge in [0.1, 0.15) is 0 Å². The highest BCUT2D eigenvalue weighted by molar-refractivity contribution is 6.12. The molecule has 3 aromatic heterocycles. The zero-order valence-corrected chi connectivity index (χ0v) is 40.2. The first kappa shape index (κ1) is 45.4. The van der Waals surface area contributed by atoms with Gasteiger partial charge >= 0.3 is 6.18 Å². The number of fused-ring (bicyclic) bond motifs is 6. The zero-order chi connectivity index (χ0) is 51.5. The van der Waals surface area contributed by atoms with Crippen molar-refractivity contribution in [2.24, 2.45) is 0 Å². The molecule has 358 valence electrons. The Bertz CT molecular complexity index is 4450. The summed E-state index contributed by atoms with van der Waals surface area (Å²) in [6.45, 7) is 7.47. The lowest BCUT2D eigenvalue weighted by molar-refractivity contribution is -0.137. The molecular weight excluding hydrogens is 948 g/mol. The summed E-state index contributed by atoms with van der Waals surface area (Å²) in [4.78, 5) is 18.8. The first-order valence-electron chi connectivity index (χ1n) is 24.5. The fourth-order valence-corrected chi connectivity index (χ4v) is 10.4. The van der Waals surface area contributed by atoms with Gasteiger partial charge in [-0.25, -0.2) is 19.8 Å². The van der Waals surface area contributed by atoms with Crippen LogP contribution in [0.4, 0.5) is 18.9 Å². The minimum Gasteiger partial charge on any atom is -0.309 e. The Morgan fingerprint density at radius 2 is 0.908 bits per heavy atom. The number of para-hydroxylation sites is 2. The van der Waals surface area contributed by atoms with Crippen LogP contribution in [0.1, 0.15) is 11.1 Å². The highest BCUT2D eigenvalue weighted by Crippen LogP contribution is 2.45. The second kappa shape index (κ2) is 18.3. The molecule has 0 fully saturated rings. The average molecular weight is 986 g/mol. The molecule has 13 rings (SSSR count). The van der Waals surface area contributed by atoms with Crippen molar-refractivity contribution in [1.82, 2.24) is 24.1 Å². The largest absolute Gasteiger partial charge is 0.416 e. The predicted octanol–water partition coefficient (Wildman–Crippen LogP) is 17.5. The van der Waals surface area contributed by atoms with Gasteiger partial charge in [0.05, 0.1) is 51.5 Å². The molecule has 0 aliphatic heterocycles. The molecule has 0 amide bonds. The van der Waals surface area contributed by atoms with Gasteiger partial charge in [-0.05, 0) is 113 Å². The van der Waals surface area contributed by atoms with Crippen molar-refractivity contribution < 1.29 is 13.2 Å². The fraction of sp³-hybridized carbons (Fsp3) is 0.0152. The van der Waals surface area contributed by atoms with Gasteiger partial charge in [-0.15, -0.1) is 0 Å². The Morgan fingerprint density at radius 3 is 1.47 bits per heavy atom. The monoisotopic (exact) mass is 985 g/mol. The van der Waals surface area contributed by atoms with Crippen molar-refractivity contribution in [2.45, 2.75) is 6.18 Å². The quantitative estimate of drug-likeness (QED) is 0.142. The molecule has 0 saturated heterocycles. The summed E-state index contributed by atoms with van der Waals surface area (Å²) in [5.41, 5.74) is 11.5. The first-order chi connectivity index (χ1) is 37.2. The maximum atomic E-state index is 15.4. The fourth-order valence-electron chi connectivity index (χ4n) is 10.4. The first-order valence-corrected chi connectivity index (χ1v) is 24.5. The topological polar surface area (TPSA) is 76.7 Å². The third-order valence-electron chi connectivity index (χ3n) is 14.1. The van der Waals surface area contributed by atoms with Gasteiger partial charge in [0.25, 0.3) is 0 Å². The van der Waals surface area contributed by atoms with Gasteiger partial charge < -0.3 is 9.13 Å². The lowest BCUT2D eigenvalue weighted by atomic mass is 9.94. The predicted molar refractivity (Wildman–Crippen MR) is 297 cm³/mol. The molecule has 76 heavy (non-hydrogen) atoms. The van der Waals surface area contributed by atoms with E-state index < -0.39 is 11.7 Å². The zero-order valence-electron chi connectivity index (χ0n) is 40.2. The number of hydrogen-bond acceptors (Lipinski definition) is 4. The van der Waals surface area contributed by atoms with E-state index in [0.717, 1.165) is 83.1 Å². The van der Waals surface area contributed by atoms with Crippen molar-refractivity contribution in [3.63, 3.8) is 0 Å². The summed E-state index contributed by atoms with van der Waals surface area (Å²) in [7, 11) is 0. The Morgan fingerprint density at radius 1 is 0.408 bits per heavy atom. The van der Waals surface area contributed by atoms with Gasteiger partial charge in [-0.1, -0.05) is 146 Å². The molecule has 3 heterocycles. The number of alkyl halides is 3. The summed E-state index contributed by atoms with van der Waals surface area (Å²) >= 11 is 0. The van der Waals surface area contributed by atoms with Crippen LogP contribution >= 0.6 is 0 Å². The van der Waals surface area contributed by atoms with Crippen molar-refractivity contribution >= 4 is 49.3 Å². The minimum absolute atomic E-state index is 0.281. The van der Waals surface area contributed by atoms with E-state index in [1.807, 2.05) is 168 Å². The Hall–Kier alpha value is -10.4. The van der Waals surface area contributed by atoms with Crippen molar-refractivity contribution in [1.29, 1.82) is 5.26 Å². The minimum atomic E-state index is -4.70. The molecule has 0 spiro atoms. The van der Waals surface area contributed by atoms with Crippen LogP contribution in [0.25, 0.3) is 127 Å². The number of nitrogens with zero attached hydrogens (tertiary/aromatic N) is 7. The third kappa shape index (κ3) is 7.90. The second-order valence-electron chi connectivity index (χ2n) is 18.5. The van der Waals surface area contributed by atoms with Crippen molar-refractivity contribution in [3.8, 4) is 85.0 Å². The molecule has 0 aliphatic carbocycles. The van der Waals surface area contributed by atoms with Crippen LogP contribution in [0, 0.1) is 17.9 Å². The van der Waals surface area contributed by atoms with Crippen LogP contribution in [0.2, 0.25) is 0 Å². The summed E-state index contributed by atoms with van der Waals surface area (Å²) in [6.07, 6.45) is -4.70. The van der Waals surface area contributed by atoms with Crippen LogP contribution in [0.5, 0.6) is 0 Å². The molecular formula is C66H38F3N7. The van der Waals surface area contributed by atoms with Gasteiger partial charge in [0.15, 0.2) is 23.2 Å². The molecule has 7 nitrogen and oxygen atoms in total.